The average molecular weight is 442 g/mol. The van der Waals surface area contributed by atoms with Crippen molar-refractivity contribution in [1.29, 1.82) is 0 Å². The van der Waals surface area contributed by atoms with E-state index in [0.717, 1.165) is 43.7 Å². The van der Waals surface area contributed by atoms with Crippen LogP contribution in [0.3, 0.4) is 0 Å². The molecule has 0 unspecified atom stereocenters. The zero-order valence-corrected chi connectivity index (χ0v) is 17.0. The molecule has 5 N–H and O–H groups in total. The van der Waals surface area contributed by atoms with Crippen LogP contribution in [0.5, 0.6) is 0 Å². The molecule has 1 saturated heterocycles. The Morgan fingerprint density at radius 1 is 1.16 bits per heavy atom. The van der Waals surface area contributed by atoms with Crippen LogP contribution in [0.15, 0.2) is 42.7 Å². The van der Waals surface area contributed by atoms with Gasteiger partial charge in [-0.25, -0.2) is 18.2 Å². The van der Waals surface area contributed by atoms with Crippen LogP contribution in [0.1, 0.15) is 23.3 Å². The summed E-state index contributed by atoms with van der Waals surface area (Å²) in [6.45, 7) is 1.37. The van der Waals surface area contributed by atoms with Gasteiger partial charge in [0.25, 0.3) is 5.91 Å². The lowest BCUT2D eigenvalue weighted by atomic mass is 10.1. The number of carbonyl (C=O) groups is 1. The number of rotatable bonds is 4. The number of pyridine rings is 2. The number of amides is 1. The van der Waals surface area contributed by atoms with Crippen LogP contribution in [0, 0.1) is 17.5 Å². The first-order valence-corrected chi connectivity index (χ1v) is 10.0. The van der Waals surface area contributed by atoms with Gasteiger partial charge >= 0.3 is 0 Å². The average Bonchev–Trinajstić information content (AvgIpc) is 2.75. The van der Waals surface area contributed by atoms with E-state index in [4.69, 9.17) is 11.5 Å². The Bertz CT molecular complexity index is 1150. The highest BCUT2D eigenvalue weighted by atomic mass is 19.1. The number of anilines is 3. The van der Waals surface area contributed by atoms with E-state index < -0.39 is 34.6 Å². The summed E-state index contributed by atoms with van der Waals surface area (Å²) in [6.07, 6.45) is 4.87. The van der Waals surface area contributed by atoms with Gasteiger partial charge in [0.1, 0.15) is 17.3 Å². The molecule has 4 rings (SSSR count). The summed E-state index contributed by atoms with van der Waals surface area (Å²) in [7, 11) is 0. The molecule has 1 fully saturated rings. The summed E-state index contributed by atoms with van der Waals surface area (Å²) >= 11 is 0. The molecule has 0 bridgehead atoms. The molecule has 1 atom stereocenters. The largest absolute Gasteiger partial charge is 0.397 e. The molecule has 32 heavy (non-hydrogen) atoms. The Morgan fingerprint density at radius 2 is 1.91 bits per heavy atom. The van der Waals surface area contributed by atoms with Crippen LogP contribution in [-0.4, -0.2) is 35.0 Å². The van der Waals surface area contributed by atoms with Crippen molar-refractivity contribution in [3.63, 3.8) is 0 Å². The van der Waals surface area contributed by atoms with E-state index >= 15 is 0 Å². The molecule has 3 aromatic rings. The van der Waals surface area contributed by atoms with Crippen molar-refractivity contribution >= 4 is 23.0 Å². The van der Waals surface area contributed by atoms with Crippen LogP contribution < -0.4 is 21.7 Å². The predicted molar refractivity (Wildman–Crippen MR) is 116 cm³/mol. The minimum atomic E-state index is -1.05. The second kappa shape index (κ2) is 8.83. The monoisotopic (exact) mass is 442 g/mol. The maximum atomic E-state index is 14.5. The van der Waals surface area contributed by atoms with Gasteiger partial charge in [-0.2, -0.15) is 0 Å². The highest BCUT2D eigenvalue weighted by molar-refractivity contribution is 6.08. The number of nitrogens with one attached hydrogen (secondary N) is 1. The minimum Gasteiger partial charge on any atom is -0.397 e. The third kappa shape index (κ3) is 4.22. The number of piperidine rings is 1. The standard InChI is InChI=1S/C22H21F3N6O/c23-13-4-1-5-14(24)19(13)20-15(25)9-16(27)21(30-20)22(32)29-17-10-28-7-6-18(17)31-8-2-3-12(26)11-31/h1,4-7,9-10,12H,2-3,8,11,26-27H2,(H,29,32)/t12-/m0/s1. The number of hydrogen-bond acceptors (Lipinski definition) is 6. The molecule has 1 aromatic carbocycles. The normalized spacial score (nSPS) is 16.1. The molecule has 166 valence electrons. The third-order valence-corrected chi connectivity index (χ3v) is 5.26. The van der Waals surface area contributed by atoms with Crippen molar-refractivity contribution < 1.29 is 18.0 Å². The van der Waals surface area contributed by atoms with Crippen LogP contribution in [0.2, 0.25) is 0 Å². The van der Waals surface area contributed by atoms with Crippen molar-refractivity contribution in [2.24, 2.45) is 5.73 Å². The van der Waals surface area contributed by atoms with Crippen molar-refractivity contribution in [3.05, 3.63) is 65.9 Å². The number of nitrogen functional groups attached to an aromatic ring is 1. The van der Waals surface area contributed by atoms with Gasteiger partial charge < -0.3 is 21.7 Å². The SMILES string of the molecule is Nc1cc(F)c(-c2c(F)cccc2F)nc1C(=O)Nc1cnccc1N1CCC[C@H](N)C1. The predicted octanol–water partition coefficient (Wildman–Crippen LogP) is 3.32. The van der Waals surface area contributed by atoms with E-state index in [9.17, 15) is 18.0 Å². The molecular weight excluding hydrogens is 421 g/mol. The zero-order chi connectivity index (χ0) is 22.8. The summed E-state index contributed by atoms with van der Waals surface area (Å²) in [6, 6.07) is 5.66. The molecule has 0 radical (unpaired) electrons. The summed E-state index contributed by atoms with van der Waals surface area (Å²) < 4.78 is 42.8. The topological polar surface area (TPSA) is 110 Å². The highest BCUT2D eigenvalue weighted by Gasteiger charge is 2.24. The van der Waals surface area contributed by atoms with E-state index in [1.807, 2.05) is 4.90 Å². The van der Waals surface area contributed by atoms with Gasteiger partial charge in [-0.1, -0.05) is 6.07 Å². The summed E-state index contributed by atoms with van der Waals surface area (Å²) in [5.41, 5.74) is 11.0. The number of halogens is 3. The van der Waals surface area contributed by atoms with Crippen LogP contribution in [-0.2, 0) is 0 Å². The molecule has 1 aliphatic heterocycles. The Labute approximate surface area is 182 Å². The van der Waals surface area contributed by atoms with E-state index in [-0.39, 0.29) is 17.4 Å². The van der Waals surface area contributed by atoms with Gasteiger partial charge in [-0.15, -0.1) is 0 Å². The first kappa shape index (κ1) is 21.6. The van der Waals surface area contributed by atoms with Crippen LogP contribution >= 0.6 is 0 Å². The first-order valence-electron chi connectivity index (χ1n) is 10.0. The minimum absolute atomic E-state index is 0.00750. The fraction of sp³-hybridized carbons (Fsp3) is 0.227. The second-order valence-corrected chi connectivity index (χ2v) is 7.55. The summed E-state index contributed by atoms with van der Waals surface area (Å²) in [5, 5.41) is 2.67. The number of carbonyl (C=O) groups excluding carboxylic acids is 1. The van der Waals surface area contributed by atoms with Crippen molar-refractivity contribution in [1.82, 2.24) is 9.97 Å². The molecular formula is C22H21F3N6O. The Kier molecular flexibility index (Phi) is 5.95. The lowest BCUT2D eigenvalue weighted by Crippen LogP contribution is -2.43. The maximum absolute atomic E-state index is 14.5. The molecule has 2 aromatic heterocycles. The van der Waals surface area contributed by atoms with E-state index in [1.165, 1.54) is 6.20 Å². The van der Waals surface area contributed by atoms with E-state index in [2.05, 4.69) is 15.3 Å². The highest BCUT2D eigenvalue weighted by Crippen LogP contribution is 2.31. The Balaban J connectivity index is 1.68. The van der Waals surface area contributed by atoms with Crippen molar-refractivity contribution in [2.75, 3.05) is 29.0 Å². The van der Waals surface area contributed by atoms with E-state index in [0.29, 0.717) is 17.9 Å². The first-order chi connectivity index (χ1) is 15.3. The molecule has 0 saturated carbocycles. The molecule has 0 spiro atoms. The Morgan fingerprint density at radius 3 is 2.62 bits per heavy atom. The molecule has 10 heteroatoms. The summed E-state index contributed by atoms with van der Waals surface area (Å²) in [5.74, 6) is -3.84. The van der Waals surface area contributed by atoms with Gasteiger partial charge in [0.2, 0.25) is 0 Å². The molecule has 7 nitrogen and oxygen atoms in total. The number of nitrogens with zero attached hydrogens (tertiary/aromatic N) is 3. The van der Waals surface area contributed by atoms with Gasteiger partial charge in [-0.3, -0.25) is 9.78 Å². The molecule has 0 aliphatic carbocycles. The summed E-state index contributed by atoms with van der Waals surface area (Å²) in [4.78, 5) is 22.9. The fourth-order valence-electron chi connectivity index (χ4n) is 3.75. The molecule has 3 heterocycles. The maximum Gasteiger partial charge on any atom is 0.276 e. The van der Waals surface area contributed by atoms with Gasteiger partial charge in [-0.05, 0) is 31.0 Å². The van der Waals surface area contributed by atoms with Gasteiger partial charge in [0, 0.05) is 31.4 Å². The lowest BCUT2D eigenvalue weighted by Gasteiger charge is -2.33. The van der Waals surface area contributed by atoms with Gasteiger partial charge in [0.15, 0.2) is 11.5 Å². The number of benzene rings is 1. The lowest BCUT2D eigenvalue weighted by molar-refractivity contribution is 0.102. The molecule has 1 amide bonds. The quantitative estimate of drug-likeness (QED) is 0.572. The van der Waals surface area contributed by atoms with Crippen molar-refractivity contribution in [3.8, 4) is 11.3 Å². The zero-order valence-electron chi connectivity index (χ0n) is 17.0. The Hall–Kier alpha value is -3.66. The molecule has 1 aliphatic rings. The number of nitrogens with two attached hydrogens (primary N) is 2. The number of aromatic nitrogens is 2. The smallest absolute Gasteiger partial charge is 0.276 e. The number of hydrogen-bond donors (Lipinski definition) is 3. The van der Waals surface area contributed by atoms with Crippen molar-refractivity contribution in [2.45, 2.75) is 18.9 Å². The second-order valence-electron chi connectivity index (χ2n) is 7.55. The van der Waals surface area contributed by atoms with Crippen LogP contribution in [0.25, 0.3) is 11.3 Å². The van der Waals surface area contributed by atoms with Crippen LogP contribution in [0.4, 0.5) is 30.2 Å². The fourth-order valence-corrected chi connectivity index (χ4v) is 3.75. The van der Waals surface area contributed by atoms with Gasteiger partial charge in [0.05, 0.1) is 28.8 Å². The third-order valence-electron chi connectivity index (χ3n) is 5.26. The van der Waals surface area contributed by atoms with E-state index in [1.54, 1.807) is 12.3 Å².